The summed E-state index contributed by atoms with van der Waals surface area (Å²) < 4.78 is 0. The van der Waals surface area contributed by atoms with Gasteiger partial charge >= 0.3 is 0 Å². The number of benzene rings is 2. The molecule has 0 heterocycles. The van der Waals surface area contributed by atoms with Crippen LogP contribution in [0.3, 0.4) is 0 Å². The van der Waals surface area contributed by atoms with Crippen LogP contribution in [-0.2, 0) is 6.42 Å². The van der Waals surface area contributed by atoms with E-state index < -0.39 is 0 Å². The zero-order valence-corrected chi connectivity index (χ0v) is 11.4. The Hall–Kier alpha value is -0.690. The van der Waals surface area contributed by atoms with Gasteiger partial charge in [-0.3, -0.25) is 0 Å². The van der Waals surface area contributed by atoms with Crippen LogP contribution in [0.25, 0.3) is 11.1 Å². The van der Waals surface area contributed by atoms with Gasteiger partial charge in [-0.05, 0) is 23.6 Å². The molecule has 2 aromatic rings. The van der Waals surface area contributed by atoms with Crippen LogP contribution in [-0.4, -0.2) is 5.88 Å². The zero-order valence-electron chi connectivity index (χ0n) is 9.09. The number of rotatable bonds is 3. The maximum atomic E-state index is 6.38. The van der Waals surface area contributed by atoms with Crippen molar-refractivity contribution in [1.29, 1.82) is 0 Å². The predicted octanol–water partition coefficient (Wildman–Crippen LogP) is 5.44. The molecule has 2 aromatic carbocycles. The minimum absolute atomic E-state index is 0.512. The van der Waals surface area contributed by atoms with Crippen LogP contribution < -0.4 is 0 Å². The molecule has 0 aliphatic heterocycles. The molecule has 0 saturated carbocycles. The number of hydrogen-bond donors (Lipinski definition) is 0. The van der Waals surface area contributed by atoms with Crippen molar-refractivity contribution < 1.29 is 0 Å². The summed E-state index contributed by atoms with van der Waals surface area (Å²) in [6.45, 7) is 0. The van der Waals surface area contributed by atoms with E-state index in [-0.39, 0.29) is 0 Å². The molecular formula is C14H11Cl3. The van der Waals surface area contributed by atoms with Gasteiger partial charge < -0.3 is 0 Å². The molecule has 0 fully saturated rings. The van der Waals surface area contributed by atoms with E-state index in [2.05, 4.69) is 0 Å². The fraction of sp³-hybridized carbons (Fsp3) is 0.143. The van der Waals surface area contributed by atoms with Gasteiger partial charge in [0, 0.05) is 16.5 Å². The lowest BCUT2D eigenvalue weighted by molar-refractivity contribution is 1.15. The smallest absolute Gasteiger partial charge is 0.0531 e. The summed E-state index contributed by atoms with van der Waals surface area (Å²) in [6, 6.07) is 13.8. The summed E-state index contributed by atoms with van der Waals surface area (Å²) in [5.74, 6) is 0.512. The first-order valence-electron chi connectivity index (χ1n) is 5.32. The highest BCUT2D eigenvalue weighted by molar-refractivity contribution is 6.38. The fourth-order valence-electron chi connectivity index (χ4n) is 1.76. The molecule has 88 valence electrons. The van der Waals surface area contributed by atoms with E-state index in [1.54, 1.807) is 0 Å². The number of alkyl halides is 1. The Balaban J connectivity index is 2.53. The van der Waals surface area contributed by atoms with Gasteiger partial charge in [0.1, 0.15) is 0 Å². The van der Waals surface area contributed by atoms with E-state index in [1.807, 2.05) is 42.5 Å². The molecule has 0 bridgehead atoms. The van der Waals surface area contributed by atoms with Crippen LogP contribution in [0.5, 0.6) is 0 Å². The van der Waals surface area contributed by atoms with Crippen molar-refractivity contribution in [2.75, 3.05) is 5.88 Å². The monoisotopic (exact) mass is 284 g/mol. The summed E-state index contributed by atoms with van der Waals surface area (Å²) in [5, 5.41) is 1.37. The molecule has 0 N–H and O–H groups in total. The molecule has 0 unspecified atom stereocenters. The lowest BCUT2D eigenvalue weighted by atomic mass is 10.0. The molecule has 2 rings (SSSR count). The molecular weight excluding hydrogens is 275 g/mol. The van der Waals surface area contributed by atoms with Crippen LogP contribution in [0.15, 0.2) is 42.5 Å². The minimum atomic E-state index is 0.512. The van der Waals surface area contributed by atoms with Gasteiger partial charge in [-0.1, -0.05) is 59.6 Å². The first-order chi connectivity index (χ1) is 8.24. The normalized spacial score (nSPS) is 10.5. The van der Waals surface area contributed by atoms with Gasteiger partial charge in [-0.15, -0.1) is 11.6 Å². The standard InChI is InChI=1S/C14H11Cl3/c15-9-8-12-13(16)7-6-11(14(12)17)10-4-2-1-3-5-10/h1-7H,8-9H2. The zero-order chi connectivity index (χ0) is 12.3. The van der Waals surface area contributed by atoms with Gasteiger partial charge in [-0.2, -0.15) is 0 Å². The van der Waals surface area contributed by atoms with Crippen molar-refractivity contribution in [3.8, 4) is 11.1 Å². The summed E-state index contributed by atoms with van der Waals surface area (Å²) in [6.07, 6.45) is 0.680. The van der Waals surface area contributed by atoms with E-state index in [4.69, 9.17) is 34.8 Å². The Labute approximate surface area is 116 Å². The molecule has 0 saturated heterocycles. The summed E-state index contributed by atoms with van der Waals surface area (Å²) >= 11 is 18.3. The van der Waals surface area contributed by atoms with Crippen LogP contribution in [0.4, 0.5) is 0 Å². The third kappa shape index (κ3) is 2.77. The molecule has 0 radical (unpaired) electrons. The average Bonchev–Trinajstić information content (AvgIpc) is 2.36. The maximum Gasteiger partial charge on any atom is 0.0531 e. The molecule has 0 aliphatic carbocycles. The lowest BCUT2D eigenvalue weighted by Gasteiger charge is -2.10. The van der Waals surface area contributed by atoms with E-state index in [1.165, 1.54) is 0 Å². The van der Waals surface area contributed by atoms with Crippen molar-refractivity contribution in [1.82, 2.24) is 0 Å². The van der Waals surface area contributed by atoms with Gasteiger partial charge in [0.25, 0.3) is 0 Å². The quantitative estimate of drug-likeness (QED) is 0.659. The summed E-state index contributed by atoms with van der Waals surface area (Å²) in [7, 11) is 0. The maximum absolute atomic E-state index is 6.38. The molecule has 0 spiro atoms. The number of hydrogen-bond acceptors (Lipinski definition) is 0. The first-order valence-corrected chi connectivity index (χ1v) is 6.61. The number of halogens is 3. The van der Waals surface area contributed by atoms with E-state index in [0.717, 1.165) is 16.7 Å². The fourth-order valence-corrected chi connectivity index (χ4v) is 2.62. The Morgan fingerprint density at radius 2 is 1.59 bits per heavy atom. The second-order valence-electron chi connectivity index (χ2n) is 3.69. The average molecular weight is 286 g/mol. The van der Waals surface area contributed by atoms with E-state index >= 15 is 0 Å². The Morgan fingerprint density at radius 1 is 0.882 bits per heavy atom. The molecule has 3 heteroatoms. The van der Waals surface area contributed by atoms with Crippen molar-refractivity contribution in [2.45, 2.75) is 6.42 Å². The van der Waals surface area contributed by atoms with Crippen LogP contribution in [0.2, 0.25) is 10.0 Å². The Morgan fingerprint density at radius 3 is 2.24 bits per heavy atom. The highest BCUT2D eigenvalue weighted by atomic mass is 35.5. The molecule has 17 heavy (non-hydrogen) atoms. The van der Waals surface area contributed by atoms with Crippen molar-refractivity contribution in [3.05, 3.63) is 58.1 Å². The van der Waals surface area contributed by atoms with Crippen molar-refractivity contribution in [3.63, 3.8) is 0 Å². The first kappa shape index (κ1) is 12.8. The van der Waals surface area contributed by atoms with Crippen LogP contribution in [0.1, 0.15) is 5.56 Å². The van der Waals surface area contributed by atoms with Crippen LogP contribution >= 0.6 is 34.8 Å². The molecule has 0 aromatic heterocycles. The minimum Gasteiger partial charge on any atom is -0.126 e. The second kappa shape index (κ2) is 5.77. The Bertz CT molecular complexity index is 506. The van der Waals surface area contributed by atoms with Crippen LogP contribution in [0, 0.1) is 0 Å². The molecule has 0 nitrogen and oxygen atoms in total. The van der Waals surface area contributed by atoms with E-state index in [9.17, 15) is 0 Å². The van der Waals surface area contributed by atoms with Gasteiger partial charge in [0.2, 0.25) is 0 Å². The highest BCUT2D eigenvalue weighted by Crippen LogP contribution is 2.35. The summed E-state index contributed by atoms with van der Waals surface area (Å²) in [4.78, 5) is 0. The van der Waals surface area contributed by atoms with E-state index in [0.29, 0.717) is 22.3 Å². The van der Waals surface area contributed by atoms with Crippen molar-refractivity contribution in [2.24, 2.45) is 0 Å². The van der Waals surface area contributed by atoms with Gasteiger partial charge in [0.05, 0.1) is 5.02 Å². The van der Waals surface area contributed by atoms with Gasteiger partial charge in [0.15, 0.2) is 0 Å². The highest BCUT2D eigenvalue weighted by Gasteiger charge is 2.11. The van der Waals surface area contributed by atoms with Gasteiger partial charge in [-0.25, -0.2) is 0 Å². The SMILES string of the molecule is ClCCc1c(Cl)ccc(-c2ccccc2)c1Cl. The van der Waals surface area contributed by atoms with Crippen molar-refractivity contribution >= 4 is 34.8 Å². The summed E-state index contributed by atoms with van der Waals surface area (Å²) in [5.41, 5.74) is 3.01. The third-order valence-corrected chi connectivity index (χ3v) is 3.59. The topological polar surface area (TPSA) is 0 Å². The molecule has 0 amide bonds. The molecule has 0 atom stereocenters. The Kier molecular flexibility index (Phi) is 4.33. The second-order valence-corrected chi connectivity index (χ2v) is 4.86. The third-order valence-electron chi connectivity index (χ3n) is 2.62. The largest absolute Gasteiger partial charge is 0.126 e. The predicted molar refractivity (Wildman–Crippen MR) is 76.3 cm³/mol. The molecule has 0 aliphatic rings. The lowest BCUT2D eigenvalue weighted by Crippen LogP contribution is -1.92.